The summed E-state index contributed by atoms with van der Waals surface area (Å²) in [6, 6.07) is 5.09. The molecule has 0 saturated carbocycles. The van der Waals surface area contributed by atoms with Crippen LogP contribution >= 0.6 is 0 Å². The smallest absolute Gasteiger partial charge is 0.344 e. The number of ether oxygens (including phenoxy) is 1. The first kappa shape index (κ1) is 17.6. The number of aliphatic hydroxyl groups excluding tert-OH is 1. The number of anilines is 1. The highest BCUT2D eigenvalue weighted by Gasteiger charge is 2.24. The van der Waals surface area contributed by atoms with Gasteiger partial charge in [-0.2, -0.15) is 8.42 Å². The van der Waals surface area contributed by atoms with E-state index in [1.54, 1.807) is 18.2 Å². The van der Waals surface area contributed by atoms with Gasteiger partial charge in [-0.3, -0.25) is 4.72 Å². The third-order valence-electron chi connectivity index (χ3n) is 3.55. The van der Waals surface area contributed by atoms with Gasteiger partial charge in [0.15, 0.2) is 5.84 Å². The Labute approximate surface area is 136 Å². The molecule has 0 aliphatic carbocycles. The molecule has 4 N–H and O–H groups in total. The molecular weight excluding hydrogens is 318 g/mol. The zero-order valence-corrected chi connectivity index (χ0v) is 13.8. The molecular formula is C15H23N3O4S. The lowest BCUT2D eigenvalue weighted by molar-refractivity contribution is 0.280. The Morgan fingerprint density at radius 3 is 2.57 bits per heavy atom. The van der Waals surface area contributed by atoms with Gasteiger partial charge in [0, 0.05) is 6.61 Å². The number of unbranched alkanes of at least 4 members (excludes halogenated alkanes) is 5. The van der Waals surface area contributed by atoms with Crippen LogP contribution in [-0.4, -0.2) is 32.6 Å². The van der Waals surface area contributed by atoms with Crippen molar-refractivity contribution in [1.29, 1.82) is 0 Å². The van der Waals surface area contributed by atoms with Crippen molar-refractivity contribution in [1.82, 2.24) is 0 Å². The fourth-order valence-corrected chi connectivity index (χ4v) is 3.28. The lowest BCUT2D eigenvalue weighted by atomic mass is 10.1. The number of nitrogens with two attached hydrogens (primary N) is 1. The van der Waals surface area contributed by atoms with Crippen LogP contribution in [0.1, 0.15) is 44.1 Å². The summed E-state index contributed by atoms with van der Waals surface area (Å²) < 4.78 is 34.5. The van der Waals surface area contributed by atoms with Gasteiger partial charge in [0.25, 0.3) is 0 Å². The summed E-state index contributed by atoms with van der Waals surface area (Å²) in [7, 11) is -3.76. The van der Waals surface area contributed by atoms with Gasteiger partial charge < -0.3 is 15.6 Å². The average molecular weight is 341 g/mol. The average Bonchev–Trinajstić information content (AvgIpc) is 2.48. The Morgan fingerprint density at radius 1 is 1.13 bits per heavy atom. The fraction of sp³-hybridized carbons (Fsp3) is 0.533. The number of benzene rings is 1. The highest BCUT2D eigenvalue weighted by Crippen LogP contribution is 2.30. The summed E-state index contributed by atoms with van der Waals surface area (Å²) in [5, 5.41) is 8.70. The zero-order chi connectivity index (χ0) is 16.7. The molecule has 0 amide bonds. The summed E-state index contributed by atoms with van der Waals surface area (Å²) in [6.45, 7) is 0.797. The molecule has 0 aromatic heterocycles. The van der Waals surface area contributed by atoms with E-state index in [0.29, 0.717) is 23.6 Å². The SMILES string of the molecule is NC1=NS(=O)(=O)Nc2cccc(OCCCCCCCCO)c21. The predicted molar refractivity (Wildman–Crippen MR) is 90.0 cm³/mol. The number of hydrogen-bond acceptors (Lipinski definition) is 5. The van der Waals surface area contributed by atoms with Gasteiger partial charge in [-0.1, -0.05) is 31.7 Å². The number of nitrogens with zero attached hydrogens (tertiary/aromatic N) is 1. The number of rotatable bonds is 9. The Bertz CT molecular complexity index is 659. The van der Waals surface area contributed by atoms with Gasteiger partial charge in [0.2, 0.25) is 0 Å². The Kier molecular flexibility index (Phi) is 6.23. The molecule has 0 fully saturated rings. The number of aliphatic hydroxyl groups is 1. The van der Waals surface area contributed by atoms with E-state index >= 15 is 0 Å². The van der Waals surface area contributed by atoms with Crippen molar-refractivity contribution in [3.05, 3.63) is 23.8 Å². The monoisotopic (exact) mass is 341 g/mol. The Morgan fingerprint density at radius 2 is 1.83 bits per heavy atom. The molecule has 0 radical (unpaired) electrons. The van der Waals surface area contributed by atoms with Gasteiger partial charge in [-0.05, 0) is 25.0 Å². The van der Waals surface area contributed by atoms with E-state index in [-0.39, 0.29) is 12.4 Å². The molecule has 1 aromatic carbocycles. The molecule has 0 spiro atoms. The molecule has 0 saturated heterocycles. The first-order valence-electron chi connectivity index (χ1n) is 7.79. The van der Waals surface area contributed by atoms with E-state index in [4.69, 9.17) is 15.6 Å². The van der Waals surface area contributed by atoms with Crippen LogP contribution in [0.3, 0.4) is 0 Å². The van der Waals surface area contributed by atoms with Crippen molar-refractivity contribution in [3.63, 3.8) is 0 Å². The topological polar surface area (TPSA) is 114 Å². The second-order valence-corrected chi connectivity index (χ2v) is 6.76. The minimum Gasteiger partial charge on any atom is -0.493 e. The molecule has 128 valence electrons. The van der Waals surface area contributed by atoms with E-state index in [0.717, 1.165) is 38.5 Å². The molecule has 1 aliphatic rings. The van der Waals surface area contributed by atoms with Crippen molar-refractivity contribution >= 4 is 21.7 Å². The van der Waals surface area contributed by atoms with Crippen molar-refractivity contribution in [2.24, 2.45) is 10.1 Å². The highest BCUT2D eigenvalue weighted by atomic mass is 32.2. The Hall–Kier alpha value is -1.80. The molecule has 0 bridgehead atoms. The van der Waals surface area contributed by atoms with E-state index in [2.05, 4.69) is 9.12 Å². The minimum absolute atomic E-state index is 0.0571. The van der Waals surface area contributed by atoms with Crippen LogP contribution in [0.15, 0.2) is 22.6 Å². The third-order valence-corrected chi connectivity index (χ3v) is 4.46. The lowest BCUT2D eigenvalue weighted by Crippen LogP contribution is -2.27. The molecule has 8 heteroatoms. The van der Waals surface area contributed by atoms with E-state index < -0.39 is 10.2 Å². The van der Waals surface area contributed by atoms with Crippen molar-refractivity contribution in [2.45, 2.75) is 38.5 Å². The molecule has 0 atom stereocenters. The first-order chi connectivity index (χ1) is 11.0. The highest BCUT2D eigenvalue weighted by molar-refractivity contribution is 7.91. The second kappa shape index (κ2) is 8.16. The van der Waals surface area contributed by atoms with Crippen molar-refractivity contribution < 1.29 is 18.3 Å². The number of hydrogen-bond donors (Lipinski definition) is 3. The molecule has 23 heavy (non-hydrogen) atoms. The van der Waals surface area contributed by atoms with Crippen LogP contribution < -0.4 is 15.2 Å². The summed E-state index contributed by atoms with van der Waals surface area (Å²) in [4.78, 5) is 0. The number of nitrogens with one attached hydrogen (secondary N) is 1. The maximum Gasteiger partial charge on any atom is 0.344 e. The fourth-order valence-electron chi connectivity index (χ4n) is 2.44. The summed E-state index contributed by atoms with van der Waals surface area (Å²) >= 11 is 0. The summed E-state index contributed by atoms with van der Waals surface area (Å²) in [5.74, 6) is 0.477. The molecule has 1 aromatic rings. The van der Waals surface area contributed by atoms with Crippen molar-refractivity contribution in [2.75, 3.05) is 17.9 Å². The van der Waals surface area contributed by atoms with Gasteiger partial charge >= 0.3 is 10.2 Å². The molecule has 2 rings (SSSR count). The standard InChI is InChI=1S/C15H23N3O4S/c16-15-14-12(17-23(20,21)18-15)8-7-9-13(14)22-11-6-4-2-1-3-5-10-19/h7-9,17,19H,1-6,10-11H2,(H2,16,18). The quantitative estimate of drug-likeness (QED) is 0.592. The lowest BCUT2D eigenvalue weighted by Gasteiger charge is -2.19. The molecule has 1 aliphatic heterocycles. The number of amidine groups is 1. The zero-order valence-electron chi connectivity index (χ0n) is 13.0. The van der Waals surface area contributed by atoms with Crippen LogP contribution in [0.5, 0.6) is 5.75 Å². The van der Waals surface area contributed by atoms with E-state index in [1.165, 1.54) is 0 Å². The maximum atomic E-state index is 11.5. The third kappa shape index (κ3) is 5.11. The van der Waals surface area contributed by atoms with Crippen molar-refractivity contribution in [3.8, 4) is 5.75 Å². The van der Waals surface area contributed by atoms with Gasteiger partial charge in [-0.15, -0.1) is 4.40 Å². The largest absolute Gasteiger partial charge is 0.493 e. The van der Waals surface area contributed by atoms with E-state index in [1.807, 2.05) is 0 Å². The second-order valence-electron chi connectivity index (χ2n) is 5.43. The predicted octanol–water partition coefficient (Wildman–Crippen LogP) is 1.77. The summed E-state index contributed by atoms with van der Waals surface area (Å²) in [6.07, 6.45) is 6.10. The Balaban J connectivity index is 1.86. The van der Waals surface area contributed by atoms with Gasteiger partial charge in [0.1, 0.15) is 5.75 Å². The van der Waals surface area contributed by atoms with Crippen LogP contribution in [0, 0.1) is 0 Å². The minimum atomic E-state index is -3.76. The molecule has 1 heterocycles. The molecule has 0 unspecified atom stereocenters. The van der Waals surface area contributed by atoms with E-state index in [9.17, 15) is 8.42 Å². The normalized spacial score (nSPS) is 15.4. The summed E-state index contributed by atoms with van der Waals surface area (Å²) in [5.41, 5.74) is 6.63. The van der Waals surface area contributed by atoms with Gasteiger partial charge in [-0.25, -0.2) is 0 Å². The van der Waals surface area contributed by atoms with Crippen LogP contribution in [0.2, 0.25) is 0 Å². The van der Waals surface area contributed by atoms with Crippen LogP contribution in [0.25, 0.3) is 0 Å². The van der Waals surface area contributed by atoms with Crippen LogP contribution in [0.4, 0.5) is 5.69 Å². The van der Waals surface area contributed by atoms with Crippen LogP contribution in [-0.2, 0) is 10.2 Å². The maximum absolute atomic E-state index is 11.5. The van der Waals surface area contributed by atoms with Gasteiger partial charge in [0.05, 0.1) is 17.9 Å². The molecule has 7 nitrogen and oxygen atoms in total. The first-order valence-corrected chi connectivity index (χ1v) is 9.23. The number of fused-ring (bicyclic) bond motifs is 1.